The minimum absolute atomic E-state index is 0.134. The number of H-pyrrole nitrogens is 1. The van der Waals surface area contributed by atoms with Gasteiger partial charge in [-0.2, -0.15) is 9.50 Å². The minimum Gasteiger partial charge on any atom is -0.293 e. The summed E-state index contributed by atoms with van der Waals surface area (Å²) in [4.78, 5) is 24.1. The summed E-state index contributed by atoms with van der Waals surface area (Å²) in [7, 11) is 0. The molecule has 0 spiro atoms. The molecule has 0 fully saturated rings. The highest BCUT2D eigenvalue weighted by molar-refractivity contribution is 5.61. The summed E-state index contributed by atoms with van der Waals surface area (Å²) in [5.41, 5.74) is 5.46. The van der Waals surface area contributed by atoms with Crippen LogP contribution >= 0.6 is 0 Å². The first-order valence-electron chi connectivity index (χ1n) is 9.51. The smallest absolute Gasteiger partial charge is 0.274 e. The Morgan fingerprint density at radius 1 is 1.04 bits per heavy atom. The molecule has 0 aliphatic carbocycles. The molecule has 0 bridgehead atoms. The third-order valence-electron chi connectivity index (χ3n) is 5.38. The van der Waals surface area contributed by atoms with E-state index in [0.717, 1.165) is 36.3 Å². The van der Waals surface area contributed by atoms with E-state index < -0.39 is 0 Å². The van der Waals surface area contributed by atoms with Crippen LogP contribution in [0.1, 0.15) is 22.4 Å². The van der Waals surface area contributed by atoms with E-state index in [1.54, 1.807) is 6.07 Å². The highest BCUT2D eigenvalue weighted by atomic mass is 16.1. The van der Waals surface area contributed by atoms with Gasteiger partial charge in [0.25, 0.3) is 11.3 Å². The van der Waals surface area contributed by atoms with Crippen LogP contribution < -0.4 is 5.56 Å². The molecule has 28 heavy (non-hydrogen) atoms. The van der Waals surface area contributed by atoms with Crippen LogP contribution in [0.4, 0.5) is 0 Å². The number of hydrogen-bond donors (Lipinski definition) is 1. The standard InChI is InChI=1S/C22H21N5O/c1-15-6-2-5-9-19(15)21-24-22-23-18(12-20(28)27(22)25-21)14-26-11-10-16-7-3-4-8-17(16)13-26/h2-9,12H,10-11,13-14H2,1H3,(H,23,24,25). The number of fused-ring (bicyclic) bond motifs is 2. The van der Waals surface area contributed by atoms with Crippen molar-refractivity contribution in [2.24, 2.45) is 0 Å². The molecule has 1 N–H and O–H groups in total. The Morgan fingerprint density at radius 3 is 2.68 bits per heavy atom. The summed E-state index contributed by atoms with van der Waals surface area (Å²) >= 11 is 0. The third kappa shape index (κ3) is 3.01. The summed E-state index contributed by atoms with van der Waals surface area (Å²) in [5, 5.41) is 3.08. The lowest BCUT2D eigenvalue weighted by Gasteiger charge is -2.28. The number of nitrogens with zero attached hydrogens (tertiary/aromatic N) is 4. The maximum atomic E-state index is 12.6. The van der Waals surface area contributed by atoms with Crippen LogP contribution in [-0.4, -0.2) is 31.0 Å². The van der Waals surface area contributed by atoms with E-state index in [1.165, 1.54) is 15.6 Å². The fraction of sp³-hybridized carbons (Fsp3) is 0.227. The van der Waals surface area contributed by atoms with Gasteiger partial charge in [-0.3, -0.25) is 14.8 Å². The molecule has 0 saturated heterocycles. The van der Waals surface area contributed by atoms with Crippen molar-refractivity contribution in [2.75, 3.05) is 6.54 Å². The van der Waals surface area contributed by atoms with Crippen molar-refractivity contribution in [1.29, 1.82) is 0 Å². The average molecular weight is 371 g/mol. The predicted octanol–water partition coefficient (Wildman–Crippen LogP) is 2.95. The van der Waals surface area contributed by atoms with Gasteiger partial charge in [0.1, 0.15) is 0 Å². The van der Waals surface area contributed by atoms with Crippen LogP contribution in [0.3, 0.4) is 0 Å². The molecular formula is C22H21N5O. The lowest BCUT2D eigenvalue weighted by molar-refractivity contribution is 0.242. The molecule has 4 aromatic rings. The van der Waals surface area contributed by atoms with E-state index in [9.17, 15) is 4.79 Å². The van der Waals surface area contributed by atoms with E-state index in [2.05, 4.69) is 44.2 Å². The largest absolute Gasteiger partial charge is 0.293 e. The van der Waals surface area contributed by atoms with Gasteiger partial charge in [0.05, 0.1) is 5.69 Å². The van der Waals surface area contributed by atoms with Crippen LogP contribution in [0.15, 0.2) is 59.4 Å². The van der Waals surface area contributed by atoms with Crippen LogP contribution in [0.25, 0.3) is 17.2 Å². The average Bonchev–Trinajstić information content (AvgIpc) is 3.13. The topological polar surface area (TPSA) is 66.3 Å². The van der Waals surface area contributed by atoms with Gasteiger partial charge >= 0.3 is 0 Å². The van der Waals surface area contributed by atoms with Gasteiger partial charge in [0.2, 0.25) is 0 Å². The molecule has 0 atom stereocenters. The third-order valence-corrected chi connectivity index (χ3v) is 5.38. The highest BCUT2D eigenvalue weighted by Crippen LogP contribution is 2.21. The number of aryl methyl sites for hydroxylation is 1. The second kappa shape index (κ2) is 6.73. The molecule has 0 radical (unpaired) electrons. The number of aromatic nitrogens is 4. The van der Waals surface area contributed by atoms with Crippen LogP contribution in [-0.2, 0) is 19.5 Å². The van der Waals surface area contributed by atoms with Crippen LogP contribution in [0, 0.1) is 6.92 Å². The summed E-state index contributed by atoms with van der Waals surface area (Å²) < 4.78 is 1.41. The molecule has 0 unspecified atom stereocenters. The van der Waals surface area contributed by atoms with E-state index in [1.807, 2.05) is 31.2 Å². The molecule has 5 rings (SSSR count). The zero-order valence-electron chi connectivity index (χ0n) is 15.7. The summed E-state index contributed by atoms with van der Waals surface area (Å²) in [6.07, 6.45) is 1.03. The number of rotatable bonds is 3. The Labute approximate surface area is 162 Å². The number of hydrogen-bond acceptors (Lipinski definition) is 4. The number of benzene rings is 2. The lowest BCUT2D eigenvalue weighted by Crippen LogP contribution is -2.31. The molecule has 2 aromatic heterocycles. The van der Waals surface area contributed by atoms with E-state index in [-0.39, 0.29) is 5.56 Å². The molecule has 1 aliphatic rings. The minimum atomic E-state index is -0.134. The normalized spacial score (nSPS) is 14.3. The number of nitrogens with one attached hydrogen (secondary N) is 1. The molecule has 3 heterocycles. The molecular weight excluding hydrogens is 350 g/mol. The summed E-state index contributed by atoms with van der Waals surface area (Å²) in [6, 6.07) is 18.1. The molecule has 140 valence electrons. The van der Waals surface area contributed by atoms with Crippen molar-refractivity contribution in [2.45, 2.75) is 26.4 Å². The molecule has 6 nitrogen and oxygen atoms in total. The summed E-state index contributed by atoms with van der Waals surface area (Å²) in [5.74, 6) is 1.07. The second-order valence-corrected chi connectivity index (χ2v) is 7.34. The zero-order valence-corrected chi connectivity index (χ0v) is 15.7. The van der Waals surface area contributed by atoms with Crippen LogP contribution in [0.5, 0.6) is 0 Å². The van der Waals surface area contributed by atoms with Crippen molar-refractivity contribution >= 4 is 5.78 Å². The molecule has 1 aliphatic heterocycles. The maximum absolute atomic E-state index is 12.6. The fourth-order valence-electron chi connectivity index (χ4n) is 3.89. The van der Waals surface area contributed by atoms with Crippen molar-refractivity contribution < 1.29 is 0 Å². The summed E-state index contributed by atoms with van der Waals surface area (Å²) in [6.45, 7) is 4.52. The zero-order chi connectivity index (χ0) is 19.1. The first-order valence-corrected chi connectivity index (χ1v) is 9.51. The van der Waals surface area contributed by atoms with Crippen molar-refractivity contribution in [1.82, 2.24) is 24.5 Å². The van der Waals surface area contributed by atoms with Crippen molar-refractivity contribution in [3.05, 3.63) is 87.3 Å². The Balaban J connectivity index is 1.45. The van der Waals surface area contributed by atoms with E-state index in [4.69, 9.17) is 0 Å². The first-order chi connectivity index (χ1) is 13.7. The predicted molar refractivity (Wildman–Crippen MR) is 108 cm³/mol. The quantitative estimate of drug-likeness (QED) is 0.601. The van der Waals surface area contributed by atoms with Crippen molar-refractivity contribution in [3.63, 3.8) is 0 Å². The SMILES string of the molecule is Cc1ccccc1-c1nc2nc(CN3CCc4ccccc4C3)cc(=O)n2[nH]1. The maximum Gasteiger partial charge on any atom is 0.274 e. The van der Waals surface area contributed by atoms with Crippen molar-refractivity contribution in [3.8, 4) is 11.4 Å². The van der Waals surface area contributed by atoms with Gasteiger partial charge < -0.3 is 0 Å². The monoisotopic (exact) mass is 371 g/mol. The van der Waals surface area contributed by atoms with Gasteiger partial charge in [-0.15, -0.1) is 0 Å². The van der Waals surface area contributed by atoms with Gasteiger partial charge in [-0.25, -0.2) is 4.98 Å². The van der Waals surface area contributed by atoms with E-state index in [0.29, 0.717) is 18.1 Å². The highest BCUT2D eigenvalue weighted by Gasteiger charge is 2.17. The Bertz CT molecular complexity index is 1220. The van der Waals surface area contributed by atoms with Gasteiger partial charge in [-0.05, 0) is 30.0 Å². The van der Waals surface area contributed by atoms with Crippen LogP contribution in [0.2, 0.25) is 0 Å². The Morgan fingerprint density at radius 2 is 1.82 bits per heavy atom. The lowest BCUT2D eigenvalue weighted by atomic mass is 10.00. The Hall–Kier alpha value is -3.25. The van der Waals surface area contributed by atoms with Gasteiger partial charge in [0, 0.05) is 31.3 Å². The molecule has 6 heteroatoms. The molecule has 0 saturated carbocycles. The first kappa shape index (κ1) is 16.9. The van der Waals surface area contributed by atoms with Gasteiger partial charge in [-0.1, -0.05) is 48.5 Å². The fourth-order valence-corrected chi connectivity index (χ4v) is 3.89. The van der Waals surface area contributed by atoms with Gasteiger partial charge in [0.15, 0.2) is 5.82 Å². The Kier molecular flexibility index (Phi) is 4.06. The second-order valence-electron chi connectivity index (χ2n) is 7.34. The molecule has 2 aromatic carbocycles. The molecule has 0 amide bonds. The number of aromatic amines is 1. The van der Waals surface area contributed by atoms with E-state index >= 15 is 0 Å².